The van der Waals surface area contributed by atoms with Crippen molar-refractivity contribution in [3.63, 3.8) is 0 Å². The van der Waals surface area contributed by atoms with Crippen molar-refractivity contribution in [2.24, 2.45) is 16.6 Å². The molecule has 0 unspecified atom stereocenters. The first-order chi connectivity index (χ1) is 11.2. The van der Waals surface area contributed by atoms with Gasteiger partial charge in [-0.15, -0.1) is 0 Å². The average molecular weight is 336 g/mol. The first-order valence-corrected chi connectivity index (χ1v) is 8.80. The second kappa shape index (κ2) is 7.21. The number of nitrogens with two attached hydrogens (primary N) is 1. The van der Waals surface area contributed by atoms with Crippen LogP contribution in [-0.4, -0.2) is 25.3 Å². The fraction of sp³-hybridized carbons (Fsp3) is 0.500. The van der Waals surface area contributed by atoms with Crippen molar-refractivity contribution in [2.75, 3.05) is 18.0 Å². The lowest BCUT2D eigenvalue weighted by atomic mass is 10.1. The molecular weight excluding hydrogens is 315 g/mol. The summed E-state index contributed by atoms with van der Waals surface area (Å²) >= 11 is 1.51. The van der Waals surface area contributed by atoms with E-state index in [2.05, 4.69) is 15.4 Å². The highest BCUT2D eigenvalue weighted by Gasteiger charge is 2.31. The van der Waals surface area contributed by atoms with Crippen LogP contribution in [0.4, 0.5) is 15.8 Å². The molecule has 5 nitrogen and oxygen atoms in total. The van der Waals surface area contributed by atoms with Crippen molar-refractivity contribution in [3.8, 4) is 0 Å². The number of hydrogen-bond donors (Lipinski definition) is 2. The molecule has 1 aliphatic carbocycles. The van der Waals surface area contributed by atoms with E-state index in [4.69, 9.17) is 9.79 Å². The molecule has 0 bridgehead atoms. The third kappa shape index (κ3) is 3.77. The van der Waals surface area contributed by atoms with Gasteiger partial charge in [-0.3, -0.25) is 4.79 Å². The SMILES string of the molecule is Fc1cc2c(c(N3CCCCC3)c1)N=C(C1CC1)NS2.NC=O. The number of rotatable bonds is 2. The van der Waals surface area contributed by atoms with Gasteiger partial charge in [0.1, 0.15) is 17.3 Å². The molecule has 7 heteroatoms. The van der Waals surface area contributed by atoms with Gasteiger partial charge in [0.05, 0.1) is 10.6 Å². The van der Waals surface area contributed by atoms with Crippen LogP contribution in [0.3, 0.4) is 0 Å². The van der Waals surface area contributed by atoms with Gasteiger partial charge < -0.3 is 15.4 Å². The monoisotopic (exact) mass is 336 g/mol. The topological polar surface area (TPSA) is 70.7 Å². The first-order valence-electron chi connectivity index (χ1n) is 7.98. The molecule has 1 saturated carbocycles. The molecule has 0 atom stereocenters. The molecule has 23 heavy (non-hydrogen) atoms. The van der Waals surface area contributed by atoms with Crippen molar-refractivity contribution in [2.45, 2.75) is 37.0 Å². The summed E-state index contributed by atoms with van der Waals surface area (Å²) < 4.78 is 17.1. The standard InChI is InChI=1S/C15H18FN3S.CH3NO/c16-11-8-12(19-6-2-1-3-7-19)14-13(9-11)20-18-15(17-14)10-4-5-10;2-1-3/h8-10H,1-7H2,(H,17,18);1H,(H2,2,3). The predicted octanol–water partition coefficient (Wildman–Crippen LogP) is 2.97. The van der Waals surface area contributed by atoms with Crippen molar-refractivity contribution in [3.05, 3.63) is 17.9 Å². The molecule has 0 aromatic heterocycles. The van der Waals surface area contributed by atoms with Gasteiger partial charge in [-0.25, -0.2) is 9.38 Å². The van der Waals surface area contributed by atoms with E-state index in [-0.39, 0.29) is 12.2 Å². The Labute approximate surface area is 139 Å². The first kappa shape index (κ1) is 16.1. The van der Waals surface area contributed by atoms with Crippen LogP contribution in [0.15, 0.2) is 22.0 Å². The Morgan fingerprint density at radius 2 is 2.00 bits per heavy atom. The highest BCUT2D eigenvalue weighted by atomic mass is 32.2. The van der Waals surface area contributed by atoms with Gasteiger partial charge in [-0.2, -0.15) is 0 Å². The molecule has 3 aliphatic rings. The quantitative estimate of drug-likeness (QED) is 0.643. The Balaban J connectivity index is 0.000000485. The zero-order valence-electron chi connectivity index (χ0n) is 12.9. The predicted molar refractivity (Wildman–Crippen MR) is 91.5 cm³/mol. The zero-order valence-corrected chi connectivity index (χ0v) is 13.7. The van der Waals surface area contributed by atoms with E-state index in [1.807, 2.05) is 0 Å². The van der Waals surface area contributed by atoms with E-state index >= 15 is 0 Å². The number of fused-ring (bicyclic) bond motifs is 1. The van der Waals surface area contributed by atoms with Crippen LogP contribution in [0.25, 0.3) is 0 Å². The van der Waals surface area contributed by atoms with Gasteiger partial charge in [0.2, 0.25) is 6.41 Å². The van der Waals surface area contributed by atoms with Gasteiger partial charge in [0.25, 0.3) is 0 Å². The molecule has 0 spiro atoms. The minimum atomic E-state index is -0.163. The number of halogens is 1. The van der Waals surface area contributed by atoms with Gasteiger partial charge >= 0.3 is 0 Å². The summed E-state index contributed by atoms with van der Waals surface area (Å²) in [6.07, 6.45) is 6.36. The number of nitrogens with one attached hydrogen (secondary N) is 1. The lowest BCUT2D eigenvalue weighted by molar-refractivity contribution is -0.106. The molecule has 3 N–H and O–H groups in total. The Kier molecular flexibility index (Phi) is 5.05. The second-order valence-corrected chi connectivity index (χ2v) is 6.78. The number of aliphatic imine (C=N–C) groups is 1. The highest BCUT2D eigenvalue weighted by Crippen LogP contribution is 2.44. The molecule has 1 aromatic carbocycles. The summed E-state index contributed by atoms with van der Waals surface area (Å²) in [6, 6.07) is 3.25. The number of amidine groups is 1. The second-order valence-electron chi connectivity index (χ2n) is 5.93. The maximum atomic E-state index is 13.9. The van der Waals surface area contributed by atoms with Crippen LogP contribution >= 0.6 is 11.9 Å². The van der Waals surface area contributed by atoms with E-state index in [9.17, 15) is 4.39 Å². The number of piperidine rings is 1. The number of nitrogens with zero attached hydrogens (tertiary/aromatic N) is 2. The number of carbonyl (C=O) groups excluding carboxylic acids is 1. The summed E-state index contributed by atoms with van der Waals surface area (Å²) in [7, 11) is 0. The maximum absolute atomic E-state index is 13.9. The van der Waals surface area contributed by atoms with Crippen LogP contribution in [0, 0.1) is 11.7 Å². The average Bonchev–Trinajstić information content (AvgIpc) is 3.40. The number of carbonyl (C=O) groups is 1. The minimum absolute atomic E-state index is 0.163. The molecule has 1 aromatic rings. The lowest BCUT2D eigenvalue weighted by Crippen LogP contribution is -2.30. The molecule has 2 heterocycles. The largest absolute Gasteiger partial charge is 0.372 e. The number of benzene rings is 1. The highest BCUT2D eigenvalue weighted by molar-refractivity contribution is 7.98. The maximum Gasteiger partial charge on any atom is 0.204 e. The molecule has 2 fully saturated rings. The third-order valence-corrected chi connectivity index (χ3v) is 5.02. The smallest absolute Gasteiger partial charge is 0.204 e. The van der Waals surface area contributed by atoms with E-state index in [0.29, 0.717) is 5.92 Å². The van der Waals surface area contributed by atoms with Crippen molar-refractivity contribution in [1.82, 2.24) is 4.72 Å². The Morgan fingerprint density at radius 3 is 2.65 bits per heavy atom. The number of primary amides is 1. The van der Waals surface area contributed by atoms with Crippen molar-refractivity contribution >= 4 is 35.6 Å². The van der Waals surface area contributed by atoms with Crippen LogP contribution in [0.2, 0.25) is 0 Å². The van der Waals surface area contributed by atoms with Crippen LogP contribution in [-0.2, 0) is 4.79 Å². The summed E-state index contributed by atoms with van der Waals surface area (Å²) in [5.74, 6) is 1.51. The van der Waals surface area contributed by atoms with E-state index in [0.717, 1.165) is 35.2 Å². The van der Waals surface area contributed by atoms with E-state index in [1.54, 1.807) is 12.1 Å². The Hall–Kier alpha value is -1.76. The molecule has 0 radical (unpaired) electrons. The van der Waals surface area contributed by atoms with Gasteiger partial charge in [0.15, 0.2) is 0 Å². The zero-order chi connectivity index (χ0) is 16.2. The minimum Gasteiger partial charge on any atom is -0.372 e. The third-order valence-electron chi connectivity index (χ3n) is 4.18. The number of anilines is 1. The van der Waals surface area contributed by atoms with E-state index < -0.39 is 0 Å². The van der Waals surface area contributed by atoms with Crippen molar-refractivity contribution in [1.29, 1.82) is 0 Å². The molecule has 124 valence electrons. The number of hydrogen-bond acceptors (Lipinski definition) is 5. The van der Waals surface area contributed by atoms with Gasteiger partial charge in [-0.1, -0.05) is 0 Å². The Bertz CT molecular complexity index is 612. The lowest BCUT2D eigenvalue weighted by Gasteiger charge is -2.31. The van der Waals surface area contributed by atoms with E-state index in [1.165, 1.54) is 44.1 Å². The summed E-state index contributed by atoms with van der Waals surface area (Å²) in [5, 5.41) is 0. The normalized spacial score (nSPS) is 19.7. The molecule has 1 amide bonds. The van der Waals surface area contributed by atoms with Crippen LogP contribution < -0.4 is 15.4 Å². The van der Waals surface area contributed by atoms with Gasteiger partial charge in [0, 0.05) is 19.0 Å². The summed E-state index contributed by atoms with van der Waals surface area (Å²) in [5.41, 5.74) is 6.12. The summed E-state index contributed by atoms with van der Waals surface area (Å²) in [4.78, 5) is 16.6. The Morgan fingerprint density at radius 1 is 1.30 bits per heavy atom. The fourth-order valence-corrected chi connectivity index (χ4v) is 3.75. The molecule has 4 rings (SSSR count). The summed E-state index contributed by atoms with van der Waals surface area (Å²) in [6.45, 7) is 2.03. The van der Waals surface area contributed by atoms with Gasteiger partial charge in [-0.05, 0) is 56.2 Å². The number of amides is 1. The molecular formula is C16H21FN4OS. The fourth-order valence-electron chi connectivity index (χ4n) is 2.91. The molecule has 2 aliphatic heterocycles. The van der Waals surface area contributed by atoms with Crippen molar-refractivity contribution < 1.29 is 9.18 Å². The van der Waals surface area contributed by atoms with Crippen LogP contribution in [0.5, 0.6) is 0 Å². The van der Waals surface area contributed by atoms with Crippen LogP contribution in [0.1, 0.15) is 32.1 Å². The molecule has 1 saturated heterocycles.